The Balaban J connectivity index is 1.94. The number of nitrogens with zero attached hydrogens (tertiary/aromatic N) is 5. The highest BCUT2D eigenvalue weighted by Gasteiger charge is 2.15. The monoisotopic (exact) mass is 423 g/mol. The number of halogens is 1. The molecule has 10 nitrogen and oxygen atoms in total. The lowest BCUT2D eigenvalue weighted by Gasteiger charge is -2.14. The highest BCUT2D eigenvalue weighted by atomic mass is 35.5. The molecule has 0 amide bonds. The van der Waals surface area contributed by atoms with E-state index in [1.165, 1.54) is 22.9 Å². The molecule has 0 atom stereocenters. The third-order valence-electron chi connectivity index (χ3n) is 3.77. The number of pyridine rings is 1. The van der Waals surface area contributed by atoms with E-state index in [2.05, 4.69) is 25.3 Å². The molecule has 28 heavy (non-hydrogen) atoms. The maximum Gasteiger partial charge on any atom is 0.294 e. The van der Waals surface area contributed by atoms with Crippen molar-refractivity contribution in [2.75, 3.05) is 5.32 Å². The van der Waals surface area contributed by atoms with Crippen molar-refractivity contribution in [1.29, 1.82) is 0 Å². The minimum absolute atomic E-state index is 0.0334. The number of nitrogens with two attached hydrogens (primary N) is 1. The number of nitrogens with one attached hydrogen (secondary N) is 1. The number of primary sulfonamides is 1. The fraction of sp³-hybridized carbons (Fsp3) is 0.312. The zero-order chi connectivity index (χ0) is 20.5. The molecule has 0 bridgehead atoms. The van der Waals surface area contributed by atoms with Crippen LogP contribution in [0.2, 0.25) is 5.28 Å². The molecule has 0 aliphatic rings. The van der Waals surface area contributed by atoms with Gasteiger partial charge in [-0.2, -0.15) is 4.98 Å². The van der Waals surface area contributed by atoms with Crippen molar-refractivity contribution in [2.45, 2.75) is 31.8 Å². The molecule has 0 aliphatic heterocycles. The van der Waals surface area contributed by atoms with Crippen molar-refractivity contribution < 1.29 is 8.42 Å². The Hall–Kier alpha value is -2.63. The number of sulfonamides is 1. The first-order chi connectivity index (χ1) is 13.1. The van der Waals surface area contributed by atoms with Crippen molar-refractivity contribution >= 4 is 38.6 Å². The van der Waals surface area contributed by atoms with E-state index in [0.29, 0.717) is 23.4 Å². The van der Waals surface area contributed by atoms with Gasteiger partial charge in [0.2, 0.25) is 15.3 Å². The van der Waals surface area contributed by atoms with Gasteiger partial charge in [0.1, 0.15) is 10.4 Å². The Kier molecular flexibility index (Phi) is 5.59. The van der Waals surface area contributed by atoms with Gasteiger partial charge in [0.15, 0.2) is 11.5 Å². The third kappa shape index (κ3) is 4.43. The van der Waals surface area contributed by atoms with Crippen LogP contribution in [0.15, 0.2) is 34.2 Å². The summed E-state index contributed by atoms with van der Waals surface area (Å²) in [6, 6.07) is 2.85. The van der Waals surface area contributed by atoms with Gasteiger partial charge in [-0.05, 0) is 29.7 Å². The summed E-state index contributed by atoms with van der Waals surface area (Å²) in [5, 5.41) is 8.02. The van der Waals surface area contributed by atoms with Crippen LogP contribution in [0.5, 0.6) is 0 Å². The second kappa shape index (κ2) is 7.78. The number of rotatable bonds is 6. The first kappa shape index (κ1) is 20.1. The lowest BCUT2D eigenvalue weighted by Crippen LogP contribution is -2.28. The molecule has 0 spiro atoms. The van der Waals surface area contributed by atoms with Crippen LogP contribution >= 0.6 is 11.6 Å². The second-order valence-corrected chi connectivity index (χ2v) is 8.40. The first-order valence-corrected chi connectivity index (χ1v) is 10.2. The number of hydrogen-bond donors (Lipinski definition) is 2. The summed E-state index contributed by atoms with van der Waals surface area (Å²) < 4.78 is 24.1. The van der Waals surface area contributed by atoms with Crippen LogP contribution in [0.3, 0.4) is 0 Å². The second-order valence-electron chi connectivity index (χ2n) is 6.50. The Labute approximate surface area is 165 Å². The molecule has 3 heterocycles. The van der Waals surface area contributed by atoms with Crippen LogP contribution in [0.1, 0.15) is 19.5 Å². The smallest absolute Gasteiger partial charge is 0.294 e. The van der Waals surface area contributed by atoms with Gasteiger partial charge in [-0.3, -0.25) is 14.3 Å². The Morgan fingerprint density at radius 1 is 1.21 bits per heavy atom. The number of hydrogen-bond acceptors (Lipinski definition) is 8. The Morgan fingerprint density at radius 3 is 2.57 bits per heavy atom. The van der Waals surface area contributed by atoms with Crippen molar-refractivity contribution in [1.82, 2.24) is 24.5 Å². The molecule has 3 aromatic heterocycles. The van der Waals surface area contributed by atoms with E-state index in [9.17, 15) is 13.2 Å². The molecular formula is C16H18ClN7O3S. The summed E-state index contributed by atoms with van der Waals surface area (Å²) in [5.74, 6) is 0.300. The molecule has 0 saturated heterocycles. The molecule has 0 unspecified atom stereocenters. The minimum Gasteiger partial charge on any atom is -0.360 e. The van der Waals surface area contributed by atoms with Gasteiger partial charge in [0.25, 0.3) is 5.56 Å². The highest BCUT2D eigenvalue weighted by molar-refractivity contribution is 7.89. The quantitative estimate of drug-likeness (QED) is 0.561. The standard InChI is InChI=1S/C16H18ClN7O3S/c1-9(2)8-24-14-12(7-21-16(17)23-14)22-13(15(24)25)20-5-10-3-4-11(6-19-10)28(18,26)27/h3-4,6-7,9H,5,8H2,1-2H3,(H,20,22)(H2,18,26,27). The van der Waals surface area contributed by atoms with Gasteiger partial charge < -0.3 is 5.32 Å². The average Bonchev–Trinajstić information content (AvgIpc) is 2.62. The van der Waals surface area contributed by atoms with E-state index in [4.69, 9.17) is 16.7 Å². The van der Waals surface area contributed by atoms with E-state index in [1.807, 2.05) is 13.8 Å². The van der Waals surface area contributed by atoms with Crippen molar-refractivity contribution in [3.63, 3.8) is 0 Å². The zero-order valence-electron chi connectivity index (χ0n) is 15.1. The van der Waals surface area contributed by atoms with Crippen LogP contribution in [-0.2, 0) is 23.1 Å². The molecule has 3 rings (SSSR count). The summed E-state index contributed by atoms with van der Waals surface area (Å²) in [5.41, 5.74) is 0.943. The maximum atomic E-state index is 12.9. The SMILES string of the molecule is CC(C)Cn1c(=O)c(NCc2ccc(S(N)(=O)=O)cn2)nc2cnc(Cl)nc21. The number of fused-ring (bicyclic) bond motifs is 1. The predicted octanol–water partition coefficient (Wildman–Crippen LogP) is 1.15. The predicted molar refractivity (Wildman–Crippen MR) is 104 cm³/mol. The normalized spacial score (nSPS) is 11.9. The molecule has 0 aliphatic carbocycles. The molecule has 0 saturated carbocycles. The minimum atomic E-state index is -3.81. The molecule has 12 heteroatoms. The molecule has 0 aromatic carbocycles. The Bertz CT molecular complexity index is 1180. The van der Waals surface area contributed by atoms with Crippen molar-refractivity contribution in [2.24, 2.45) is 11.1 Å². The van der Waals surface area contributed by atoms with Crippen molar-refractivity contribution in [3.05, 3.63) is 45.9 Å². The maximum absolute atomic E-state index is 12.9. The summed E-state index contributed by atoms with van der Waals surface area (Å²) in [6.07, 6.45) is 2.61. The molecular weight excluding hydrogens is 406 g/mol. The van der Waals surface area contributed by atoms with Gasteiger partial charge in [0.05, 0.1) is 18.4 Å². The first-order valence-electron chi connectivity index (χ1n) is 8.30. The topological polar surface area (TPSA) is 146 Å². The van der Waals surface area contributed by atoms with Gasteiger partial charge in [-0.15, -0.1) is 0 Å². The lowest BCUT2D eigenvalue weighted by atomic mass is 10.2. The van der Waals surface area contributed by atoms with Crippen LogP contribution in [0.25, 0.3) is 11.2 Å². The molecule has 0 fully saturated rings. The van der Waals surface area contributed by atoms with Crippen LogP contribution < -0.4 is 16.0 Å². The van der Waals surface area contributed by atoms with Crippen LogP contribution in [0, 0.1) is 5.92 Å². The van der Waals surface area contributed by atoms with E-state index < -0.39 is 10.0 Å². The van der Waals surface area contributed by atoms with Crippen molar-refractivity contribution in [3.8, 4) is 0 Å². The zero-order valence-corrected chi connectivity index (χ0v) is 16.7. The van der Waals surface area contributed by atoms with Crippen LogP contribution in [-0.4, -0.2) is 32.9 Å². The molecule has 3 N–H and O–H groups in total. The molecule has 0 radical (unpaired) electrons. The summed E-state index contributed by atoms with van der Waals surface area (Å²) in [6.45, 7) is 4.55. The average molecular weight is 424 g/mol. The fourth-order valence-corrected chi connectivity index (χ4v) is 3.11. The largest absolute Gasteiger partial charge is 0.360 e. The van der Waals surface area contributed by atoms with E-state index in [1.54, 1.807) is 0 Å². The van der Waals surface area contributed by atoms with E-state index >= 15 is 0 Å². The van der Waals surface area contributed by atoms with Gasteiger partial charge >= 0.3 is 0 Å². The van der Waals surface area contributed by atoms with E-state index in [-0.39, 0.29) is 34.0 Å². The lowest BCUT2D eigenvalue weighted by molar-refractivity contribution is 0.520. The number of aromatic nitrogens is 5. The summed E-state index contributed by atoms with van der Waals surface area (Å²) in [7, 11) is -3.81. The highest BCUT2D eigenvalue weighted by Crippen LogP contribution is 2.14. The fourth-order valence-electron chi connectivity index (χ4n) is 2.52. The third-order valence-corrected chi connectivity index (χ3v) is 4.85. The van der Waals surface area contributed by atoms with Gasteiger partial charge in [0, 0.05) is 12.7 Å². The Morgan fingerprint density at radius 2 is 1.96 bits per heavy atom. The molecule has 3 aromatic rings. The molecule has 148 valence electrons. The van der Waals surface area contributed by atoms with Gasteiger partial charge in [-0.25, -0.2) is 23.5 Å². The van der Waals surface area contributed by atoms with Gasteiger partial charge in [-0.1, -0.05) is 13.8 Å². The van der Waals surface area contributed by atoms with E-state index in [0.717, 1.165) is 6.20 Å². The summed E-state index contributed by atoms with van der Waals surface area (Å²) >= 11 is 5.86. The number of anilines is 1. The van der Waals surface area contributed by atoms with Crippen LogP contribution in [0.4, 0.5) is 5.82 Å². The summed E-state index contributed by atoms with van der Waals surface area (Å²) in [4.78, 5) is 29.1.